The Balaban J connectivity index is 2.23. The van der Waals surface area contributed by atoms with E-state index in [9.17, 15) is 5.11 Å². The van der Waals surface area contributed by atoms with Gasteiger partial charge in [0.2, 0.25) is 0 Å². The monoisotopic (exact) mass is 287 g/mol. The molecular formula is C11H18BrN3O. The molecule has 0 spiro atoms. The van der Waals surface area contributed by atoms with E-state index in [0.29, 0.717) is 13.0 Å². The Kier molecular flexibility index (Phi) is 3.37. The molecular weight excluding hydrogens is 270 g/mol. The number of β-amino-alcohol motifs (C(OH)–C–C–N with tert-alkyl or cyclic N) is 1. The summed E-state index contributed by atoms with van der Waals surface area (Å²) in [6, 6.07) is 0. The van der Waals surface area contributed by atoms with Crippen LogP contribution in [0.3, 0.4) is 0 Å². The predicted octanol–water partition coefficient (Wildman–Crippen LogP) is 1.01. The molecule has 0 radical (unpaired) electrons. The molecule has 2 rings (SSSR count). The largest absolute Gasteiger partial charge is 0.388 e. The average Bonchev–Trinajstić information content (AvgIpc) is 2.78. The Labute approximate surface area is 104 Å². The molecule has 0 aromatic carbocycles. The summed E-state index contributed by atoms with van der Waals surface area (Å²) in [5.41, 5.74) is 1.54. The molecule has 5 heteroatoms. The van der Waals surface area contributed by atoms with Gasteiger partial charge in [0.25, 0.3) is 0 Å². The van der Waals surface area contributed by atoms with Gasteiger partial charge in [0, 0.05) is 20.0 Å². The Morgan fingerprint density at radius 1 is 1.62 bits per heavy atom. The van der Waals surface area contributed by atoms with E-state index in [0.717, 1.165) is 35.2 Å². The molecule has 2 heterocycles. The van der Waals surface area contributed by atoms with Crippen molar-refractivity contribution in [1.82, 2.24) is 15.1 Å². The number of aryl methyl sites for hydroxylation is 2. The first kappa shape index (κ1) is 12.1. The van der Waals surface area contributed by atoms with Crippen LogP contribution in [0.15, 0.2) is 4.47 Å². The molecule has 4 nitrogen and oxygen atoms in total. The van der Waals surface area contributed by atoms with E-state index in [1.807, 2.05) is 11.7 Å². The number of rotatable bonds is 3. The summed E-state index contributed by atoms with van der Waals surface area (Å²) in [7, 11) is 1.94. The summed E-state index contributed by atoms with van der Waals surface area (Å²) in [6.07, 6.45) is 2.38. The SMILES string of the molecule is CCc1nn(C)c(CC2(O)CCNC2)c1Br. The van der Waals surface area contributed by atoms with E-state index in [1.165, 1.54) is 0 Å². The third-order valence-corrected chi connectivity index (χ3v) is 4.14. The summed E-state index contributed by atoms with van der Waals surface area (Å²) in [6.45, 7) is 3.65. The minimum absolute atomic E-state index is 0.610. The molecule has 16 heavy (non-hydrogen) atoms. The molecule has 0 amide bonds. The van der Waals surface area contributed by atoms with Crippen LogP contribution in [0.1, 0.15) is 24.7 Å². The lowest BCUT2D eigenvalue weighted by molar-refractivity contribution is 0.0597. The lowest BCUT2D eigenvalue weighted by Gasteiger charge is -2.21. The van der Waals surface area contributed by atoms with Crippen LogP contribution in [-0.4, -0.2) is 33.6 Å². The van der Waals surface area contributed by atoms with Crippen LogP contribution in [-0.2, 0) is 19.9 Å². The number of hydrogen-bond donors (Lipinski definition) is 2. The van der Waals surface area contributed by atoms with Crippen molar-refractivity contribution in [3.8, 4) is 0 Å². The van der Waals surface area contributed by atoms with Crippen molar-refractivity contribution >= 4 is 15.9 Å². The van der Waals surface area contributed by atoms with E-state index in [2.05, 4.69) is 33.3 Å². The van der Waals surface area contributed by atoms with E-state index in [-0.39, 0.29) is 0 Å². The topological polar surface area (TPSA) is 50.1 Å². The van der Waals surface area contributed by atoms with Crippen LogP contribution in [0.2, 0.25) is 0 Å². The first-order valence-electron chi connectivity index (χ1n) is 5.69. The molecule has 1 aromatic heterocycles. The third-order valence-electron chi connectivity index (χ3n) is 3.22. The van der Waals surface area contributed by atoms with Gasteiger partial charge in [-0.25, -0.2) is 0 Å². The zero-order valence-electron chi connectivity index (χ0n) is 9.76. The van der Waals surface area contributed by atoms with Crippen LogP contribution >= 0.6 is 15.9 Å². The van der Waals surface area contributed by atoms with Crippen LogP contribution < -0.4 is 5.32 Å². The Hall–Kier alpha value is -0.390. The Morgan fingerprint density at radius 3 is 2.88 bits per heavy atom. The molecule has 0 bridgehead atoms. The zero-order valence-corrected chi connectivity index (χ0v) is 11.3. The van der Waals surface area contributed by atoms with Crippen LogP contribution in [0, 0.1) is 0 Å². The molecule has 0 saturated carbocycles. The van der Waals surface area contributed by atoms with E-state index in [1.54, 1.807) is 0 Å². The summed E-state index contributed by atoms with van der Waals surface area (Å²) in [4.78, 5) is 0. The zero-order chi connectivity index (χ0) is 11.8. The normalized spacial score (nSPS) is 25.2. The van der Waals surface area contributed by atoms with Gasteiger partial charge in [-0.1, -0.05) is 6.92 Å². The summed E-state index contributed by atoms with van der Waals surface area (Å²) >= 11 is 3.58. The van der Waals surface area contributed by atoms with Gasteiger partial charge in [-0.15, -0.1) is 0 Å². The van der Waals surface area contributed by atoms with Gasteiger partial charge < -0.3 is 10.4 Å². The number of hydrogen-bond acceptors (Lipinski definition) is 3. The minimum atomic E-state index is -0.610. The molecule has 1 aliphatic rings. The van der Waals surface area contributed by atoms with Gasteiger partial charge >= 0.3 is 0 Å². The molecule has 1 fully saturated rings. The summed E-state index contributed by atoms with van der Waals surface area (Å²) < 4.78 is 2.93. The molecule has 0 aliphatic carbocycles. The summed E-state index contributed by atoms with van der Waals surface area (Å²) in [5.74, 6) is 0. The fraction of sp³-hybridized carbons (Fsp3) is 0.727. The first-order chi connectivity index (χ1) is 7.56. The van der Waals surface area contributed by atoms with Gasteiger partial charge in [0.1, 0.15) is 0 Å². The molecule has 1 atom stereocenters. The molecule has 1 aliphatic heterocycles. The number of aromatic nitrogens is 2. The maximum absolute atomic E-state index is 10.4. The summed E-state index contributed by atoms with van der Waals surface area (Å²) in [5, 5.41) is 18.0. The van der Waals surface area contributed by atoms with Gasteiger partial charge in [-0.3, -0.25) is 4.68 Å². The standard InChI is InChI=1S/C11H18BrN3O/c1-3-8-10(12)9(15(2)14-8)6-11(16)4-5-13-7-11/h13,16H,3-7H2,1-2H3. The number of nitrogens with one attached hydrogen (secondary N) is 1. The number of halogens is 1. The van der Waals surface area contributed by atoms with Gasteiger partial charge in [0.05, 0.1) is 21.5 Å². The molecule has 2 N–H and O–H groups in total. The molecule has 90 valence electrons. The molecule has 1 aromatic rings. The van der Waals surface area contributed by atoms with Crippen molar-refractivity contribution in [2.24, 2.45) is 7.05 Å². The van der Waals surface area contributed by atoms with Crippen molar-refractivity contribution in [2.45, 2.75) is 31.8 Å². The highest BCUT2D eigenvalue weighted by Crippen LogP contribution is 2.27. The highest BCUT2D eigenvalue weighted by Gasteiger charge is 2.33. The number of aliphatic hydroxyl groups is 1. The second-order valence-corrected chi connectivity index (χ2v) is 5.31. The lowest BCUT2D eigenvalue weighted by Crippen LogP contribution is -2.34. The second-order valence-electron chi connectivity index (χ2n) is 4.51. The maximum Gasteiger partial charge on any atom is 0.0839 e. The van der Waals surface area contributed by atoms with Gasteiger partial charge in [0.15, 0.2) is 0 Å². The highest BCUT2D eigenvalue weighted by molar-refractivity contribution is 9.10. The van der Waals surface area contributed by atoms with Crippen molar-refractivity contribution < 1.29 is 5.11 Å². The highest BCUT2D eigenvalue weighted by atomic mass is 79.9. The van der Waals surface area contributed by atoms with Crippen molar-refractivity contribution in [1.29, 1.82) is 0 Å². The van der Waals surface area contributed by atoms with Crippen molar-refractivity contribution in [3.63, 3.8) is 0 Å². The van der Waals surface area contributed by atoms with Crippen LogP contribution in [0.25, 0.3) is 0 Å². The average molecular weight is 288 g/mol. The molecule has 1 saturated heterocycles. The molecule has 1 unspecified atom stereocenters. The fourth-order valence-electron chi connectivity index (χ4n) is 2.20. The van der Waals surface area contributed by atoms with Gasteiger partial charge in [-0.2, -0.15) is 5.10 Å². The smallest absolute Gasteiger partial charge is 0.0839 e. The Bertz CT molecular complexity index is 383. The maximum atomic E-state index is 10.4. The Morgan fingerprint density at radius 2 is 2.38 bits per heavy atom. The first-order valence-corrected chi connectivity index (χ1v) is 6.48. The van der Waals surface area contributed by atoms with Crippen LogP contribution in [0.5, 0.6) is 0 Å². The van der Waals surface area contributed by atoms with Crippen LogP contribution in [0.4, 0.5) is 0 Å². The predicted molar refractivity (Wildman–Crippen MR) is 66.4 cm³/mol. The quantitative estimate of drug-likeness (QED) is 0.873. The number of nitrogens with zero attached hydrogens (tertiary/aromatic N) is 2. The lowest BCUT2D eigenvalue weighted by atomic mass is 9.96. The minimum Gasteiger partial charge on any atom is -0.388 e. The fourth-order valence-corrected chi connectivity index (χ4v) is 2.96. The van der Waals surface area contributed by atoms with E-state index >= 15 is 0 Å². The second kappa shape index (κ2) is 4.47. The van der Waals surface area contributed by atoms with Crippen molar-refractivity contribution in [2.75, 3.05) is 13.1 Å². The van der Waals surface area contributed by atoms with E-state index < -0.39 is 5.60 Å². The van der Waals surface area contributed by atoms with E-state index in [4.69, 9.17) is 0 Å². The van der Waals surface area contributed by atoms with Gasteiger partial charge in [-0.05, 0) is 35.3 Å². The van der Waals surface area contributed by atoms with Crippen molar-refractivity contribution in [3.05, 3.63) is 15.9 Å². The third kappa shape index (κ3) is 2.17.